The zero-order valence-corrected chi connectivity index (χ0v) is 11.1. The number of thiocarbonyl (C=S) groups is 1. The normalized spacial score (nSPS) is 16.5. The molecule has 3 heteroatoms. The van der Waals surface area contributed by atoms with Crippen molar-refractivity contribution < 1.29 is 0 Å². The summed E-state index contributed by atoms with van der Waals surface area (Å²) in [5.74, 6) is 0.961. The first-order chi connectivity index (χ1) is 8.19. The maximum Gasteiger partial charge on any atom is 0.103 e. The van der Waals surface area contributed by atoms with E-state index < -0.39 is 0 Å². The highest BCUT2D eigenvalue weighted by atomic mass is 32.1. The van der Waals surface area contributed by atoms with Gasteiger partial charge >= 0.3 is 0 Å². The Balaban J connectivity index is 1.94. The first kappa shape index (κ1) is 12.4. The molecule has 1 aliphatic rings. The Labute approximate surface area is 109 Å². The molecule has 0 saturated heterocycles. The number of rotatable bonds is 6. The van der Waals surface area contributed by atoms with Crippen molar-refractivity contribution in [1.82, 2.24) is 0 Å². The molecule has 1 aromatic rings. The van der Waals surface area contributed by atoms with Crippen LogP contribution in [0.2, 0.25) is 0 Å². The molecule has 0 aromatic heterocycles. The van der Waals surface area contributed by atoms with E-state index in [9.17, 15) is 0 Å². The summed E-state index contributed by atoms with van der Waals surface area (Å²) < 4.78 is 0. The fourth-order valence-corrected chi connectivity index (χ4v) is 2.19. The lowest BCUT2D eigenvalue weighted by Crippen LogP contribution is -2.19. The van der Waals surface area contributed by atoms with Crippen LogP contribution in [0.15, 0.2) is 24.3 Å². The quantitative estimate of drug-likeness (QED) is 0.759. The number of benzene rings is 1. The van der Waals surface area contributed by atoms with Gasteiger partial charge in [-0.25, -0.2) is 0 Å². The second-order valence-corrected chi connectivity index (χ2v) is 5.31. The fraction of sp³-hybridized carbons (Fsp3) is 0.500. The molecule has 0 spiro atoms. The van der Waals surface area contributed by atoms with Gasteiger partial charge < -0.3 is 11.1 Å². The second kappa shape index (κ2) is 5.50. The maximum absolute atomic E-state index is 5.58. The minimum Gasteiger partial charge on any atom is -0.389 e. The molecule has 1 atom stereocenters. The van der Waals surface area contributed by atoms with Crippen molar-refractivity contribution in [2.24, 2.45) is 11.7 Å². The molecule has 1 aromatic carbocycles. The minimum absolute atomic E-state index is 0.460. The van der Waals surface area contributed by atoms with Crippen LogP contribution < -0.4 is 11.1 Å². The van der Waals surface area contributed by atoms with E-state index in [4.69, 9.17) is 18.0 Å². The van der Waals surface area contributed by atoms with E-state index in [1.807, 2.05) is 12.1 Å². The van der Waals surface area contributed by atoms with Crippen molar-refractivity contribution in [3.8, 4) is 0 Å². The number of nitrogens with two attached hydrogens (primary N) is 1. The van der Waals surface area contributed by atoms with Crippen LogP contribution >= 0.6 is 12.2 Å². The van der Waals surface area contributed by atoms with Gasteiger partial charge in [0.05, 0.1) is 0 Å². The highest BCUT2D eigenvalue weighted by Crippen LogP contribution is 2.34. The molecule has 0 aliphatic heterocycles. The van der Waals surface area contributed by atoms with E-state index in [-0.39, 0.29) is 0 Å². The summed E-state index contributed by atoms with van der Waals surface area (Å²) >= 11 is 4.94. The van der Waals surface area contributed by atoms with Gasteiger partial charge in [-0.2, -0.15) is 0 Å². The molecule has 92 valence electrons. The van der Waals surface area contributed by atoms with Crippen molar-refractivity contribution in [3.05, 3.63) is 29.8 Å². The molecule has 2 rings (SSSR count). The molecule has 3 N–H and O–H groups in total. The van der Waals surface area contributed by atoms with E-state index >= 15 is 0 Å². The Kier molecular flexibility index (Phi) is 4.00. The molecule has 1 fully saturated rings. The average Bonchev–Trinajstić information content (AvgIpc) is 3.13. The molecule has 0 amide bonds. The van der Waals surface area contributed by atoms with E-state index in [0.29, 0.717) is 11.0 Å². The van der Waals surface area contributed by atoms with Gasteiger partial charge in [0.1, 0.15) is 4.99 Å². The minimum atomic E-state index is 0.460. The Hall–Kier alpha value is -1.09. The van der Waals surface area contributed by atoms with Crippen LogP contribution in [0.4, 0.5) is 5.69 Å². The molecule has 0 bridgehead atoms. The van der Waals surface area contributed by atoms with Gasteiger partial charge in [0, 0.05) is 17.3 Å². The van der Waals surface area contributed by atoms with Crippen LogP contribution in [0, 0.1) is 5.92 Å². The summed E-state index contributed by atoms with van der Waals surface area (Å²) in [4.78, 5) is 0.460. The molecule has 1 saturated carbocycles. The number of anilines is 1. The third kappa shape index (κ3) is 3.70. The van der Waals surface area contributed by atoms with Crippen molar-refractivity contribution >= 4 is 22.9 Å². The Morgan fingerprint density at radius 1 is 1.41 bits per heavy atom. The van der Waals surface area contributed by atoms with Crippen molar-refractivity contribution in [3.63, 3.8) is 0 Å². The molecule has 0 heterocycles. The number of hydrogen-bond acceptors (Lipinski definition) is 2. The van der Waals surface area contributed by atoms with Gasteiger partial charge in [0.15, 0.2) is 0 Å². The fourth-order valence-electron chi connectivity index (χ4n) is 2.05. The van der Waals surface area contributed by atoms with Gasteiger partial charge in [-0.15, -0.1) is 0 Å². The summed E-state index contributed by atoms with van der Waals surface area (Å²) in [5.41, 5.74) is 7.67. The molecule has 17 heavy (non-hydrogen) atoms. The molecule has 0 radical (unpaired) electrons. The smallest absolute Gasteiger partial charge is 0.103 e. The summed E-state index contributed by atoms with van der Waals surface area (Å²) in [5, 5.41) is 3.58. The van der Waals surface area contributed by atoms with E-state index in [1.54, 1.807) is 0 Å². The van der Waals surface area contributed by atoms with Gasteiger partial charge in [-0.1, -0.05) is 32.0 Å². The lowest BCUT2D eigenvalue weighted by Gasteiger charge is -2.18. The summed E-state index contributed by atoms with van der Waals surface area (Å²) in [7, 11) is 0. The van der Waals surface area contributed by atoms with Crippen LogP contribution in [-0.2, 0) is 0 Å². The Bertz CT molecular complexity index is 382. The third-order valence-corrected chi connectivity index (χ3v) is 3.58. The highest BCUT2D eigenvalue weighted by Gasteiger charge is 2.24. The molecular formula is C14H20N2S. The SMILES string of the molecule is CCC(CC1CC1)Nc1ccc(C(N)=S)cc1. The van der Waals surface area contributed by atoms with Crippen LogP contribution in [0.3, 0.4) is 0 Å². The van der Waals surface area contributed by atoms with Crippen LogP contribution in [0.5, 0.6) is 0 Å². The predicted molar refractivity (Wildman–Crippen MR) is 77.4 cm³/mol. The monoisotopic (exact) mass is 248 g/mol. The molecule has 2 nitrogen and oxygen atoms in total. The van der Waals surface area contributed by atoms with Crippen molar-refractivity contribution in [1.29, 1.82) is 0 Å². The van der Waals surface area contributed by atoms with E-state index in [1.165, 1.54) is 25.7 Å². The Morgan fingerprint density at radius 3 is 2.53 bits per heavy atom. The van der Waals surface area contributed by atoms with Crippen LogP contribution in [0.25, 0.3) is 0 Å². The summed E-state index contributed by atoms with van der Waals surface area (Å²) in [6.45, 7) is 2.24. The van der Waals surface area contributed by atoms with Crippen LogP contribution in [-0.4, -0.2) is 11.0 Å². The largest absolute Gasteiger partial charge is 0.389 e. The summed E-state index contributed by atoms with van der Waals surface area (Å²) in [6, 6.07) is 8.68. The number of hydrogen-bond donors (Lipinski definition) is 2. The predicted octanol–water partition coefficient (Wildman–Crippen LogP) is 3.31. The lowest BCUT2D eigenvalue weighted by atomic mass is 10.1. The summed E-state index contributed by atoms with van der Waals surface area (Å²) in [6.07, 6.45) is 5.30. The lowest BCUT2D eigenvalue weighted by molar-refractivity contribution is 0.587. The topological polar surface area (TPSA) is 38.0 Å². The zero-order chi connectivity index (χ0) is 12.3. The molecule has 1 unspecified atom stereocenters. The van der Waals surface area contributed by atoms with Gasteiger partial charge in [-0.05, 0) is 43.0 Å². The van der Waals surface area contributed by atoms with E-state index in [2.05, 4.69) is 24.4 Å². The first-order valence-electron chi connectivity index (χ1n) is 6.35. The first-order valence-corrected chi connectivity index (χ1v) is 6.76. The number of nitrogens with one attached hydrogen (secondary N) is 1. The molecular weight excluding hydrogens is 228 g/mol. The molecule has 1 aliphatic carbocycles. The van der Waals surface area contributed by atoms with Gasteiger partial charge in [-0.3, -0.25) is 0 Å². The zero-order valence-electron chi connectivity index (χ0n) is 10.3. The highest BCUT2D eigenvalue weighted by molar-refractivity contribution is 7.80. The van der Waals surface area contributed by atoms with Crippen molar-refractivity contribution in [2.45, 2.75) is 38.6 Å². The maximum atomic E-state index is 5.58. The standard InChI is InChI=1S/C14H20N2S/c1-2-12(9-10-3-4-10)16-13-7-5-11(6-8-13)14(15)17/h5-8,10,12,16H,2-4,9H2,1H3,(H2,15,17). The van der Waals surface area contributed by atoms with Gasteiger partial charge in [0.25, 0.3) is 0 Å². The third-order valence-electron chi connectivity index (χ3n) is 3.35. The average molecular weight is 248 g/mol. The van der Waals surface area contributed by atoms with E-state index in [0.717, 1.165) is 17.2 Å². The second-order valence-electron chi connectivity index (χ2n) is 4.87. The van der Waals surface area contributed by atoms with Gasteiger partial charge in [0.2, 0.25) is 0 Å². The Morgan fingerprint density at radius 2 is 2.06 bits per heavy atom. The van der Waals surface area contributed by atoms with Crippen molar-refractivity contribution in [2.75, 3.05) is 5.32 Å². The van der Waals surface area contributed by atoms with Crippen LogP contribution in [0.1, 0.15) is 38.2 Å².